The van der Waals surface area contributed by atoms with Crippen molar-refractivity contribution >= 4 is 10.8 Å². The summed E-state index contributed by atoms with van der Waals surface area (Å²) in [4.78, 5) is 0. The fraction of sp³-hybridized carbons (Fsp3) is 0.667. The Morgan fingerprint density at radius 1 is 1.31 bits per heavy atom. The Morgan fingerprint density at radius 3 is 2.50 bits per heavy atom. The fourth-order valence-electron chi connectivity index (χ4n) is 1.21. The van der Waals surface area contributed by atoms with E-state index in [4.69, 9.17) is 4.42 Å². The summed E-state index contributed by atoms with van der Waals surface area (Å²) in [5.41, 5.74) is 0.0825. The van der Waals surface area contributed by atoms with Crippen LogP contribution in [-0.4, -0.2) is 15.5 Å². The van der Waals surface area contributed by atoms with Gasteiger partial charge in [-0.3, -0.25) is 4.21 Å². The highest BCUT2D eigenvalue weighted by molar-refractivity contribution is 7.84. The Labute approximate surface area is 100 Å². The molecule has 1 aromatic rings. The number of nitrogens with one attached hydrogen (secondary N) is 1. The van der Waals surface area contributed by atoms with Crippen LogP contribution < -0.4 is 5.32 Å². The average molecular weight is 243 g/mol. The third-order valence-corrected chi connectivity index (χ3v) is 3.39. The Hall–Kier alpha value is -0.610. The standard InChI is InChI=1S/C12H21NO2S/c1-5-16(14)9-11-7-6-10(15-11)8-13-12(2,3)4/h6-7,13H,5,8-9H2,1-4H3. The molecular weight excluding hydrogens is 222 g/mol. The lowest BCUT2D eigenvalue weighted by atomic mass is 10.1. The molecule has 0 aliphatic carbocycles. The van der Waals surface area contributed by atoms with Crippen LogP contribution in [0.3, 0.4) is 0 Å². The first-order chi connectivity index (χ1) is 7.40. The minimum Gasteiger partial charge on any atom is -0.464 e. The van der Waals surface area contributed by atoms with Gasteiger partial charge in [0.1, 0.15) is 11.5 Å². The van der Waals surface area contributed by atoms with E-state index in [0.717, 1.165) is 11.5 Å². The maximum absolute atomic E-state index is 11.3. The fourth-order valence-corrected chi connectivity index (χ4v) is 1.88. The summed E-state index contributed by atoms with van der Waals surface area (Å²) in [6.45, 7) is 8.97. The zero-order chi connectivity index (χ0) is 12.2. The van der Waals surface area contributed by atoms with Crippen molar-refractivity contribution in [2.75, 3.05) is 5.75 Å². The second kappa shape index (κ2) is 5.64. The smallest absolute Gasteiger partial charge is 0.118 e. The molecule has 0 amide bonds. The minimum absolute atomic E-state index is 0.0825. The summed E-state index contributed by atoms with van der Waals surface area (Å²) in [5.74, 6) is 2.91. The molecule has 92 valence electrons. The van der Waals surface area contributed by atoms with E-state index in [1.165, 1.54) is 0 Å². The van der Waals surface area contributed by atoms with Crippen molar-refractivity contribution in [1.29, 1.82) is 0 Å². The summed E-state index contributed by atoms with van der Waals surface area (Å²) in [6, 6.07) is 3.86. The molecule has 16 heavy (non-hydrogen) atoms. The van der Waals surface area contributed by atoms with Crippen molar-refractivity contribution in [3.05, 3.63) is 23.7 Å². The molecule has 1 heterocycles. The zero-order valence-corrected chi connectivity index (χ0v) is 11.3. The molecule has 0 aromatic carbocycles. The van der Waals surface area contributed by atoms with Crippen molar-refractivity contribution in [2.45, 2.75) is 45.5 Å². The monoisotopic (exact) mass is 243 g/mol. The van der Waals surface area contributed by atoms with Gasteiger partial charge < -0.3 is 9.73 Å². The van der Waals surface area contributed by atoms with Gasteiger partial charge in [-0.1, -0.05) is 6.92 Å². The molecule has 4 heteroatoms. The number of hydrogen-bond donors (Lipinski definition) is 1. The van der Waals surface area contributed by atoms with Crippen molar-refractivity contribution in [3.8, 4) is 0 Å². The Bertz CT molecular complexity index is 352. The van der Waals surface area contributed by atoms with E-state index in [-0.39, 0.29) is 5.54 Å². The zero-order valence-electron chi connectivity index (χ0n) is 10.5. The highest BCUT2D eigenvalue weighted by atomic mass is 32.2. The second-order valence-electron chi connectivity index (χ2n) is 4.84. The van der Waals surface area contributed by atoms with Gasteiger partial charge in [0.2, 0.25) is 0 Å². The van der Waals surface area contributed by atoms with Crippen molar-refractivity contribution in [3.63, 3.8) is 0 Å². The molecule has 0 radical (unpaired) electrons. The maximum atomic E-state index is 11.3. The number of furan rings is 1. The summed E-state index contributed by atoms with van der Waals surface area (Å²) < 4.78 is 16.9. The van der Waals surface area contributed by atoms with Gasteiger partial charge >= 0.3 is 0 Å². The molecule has 1 atom stereocenters. The van der Waals surface area contributed by atoms with Crippen LogP contribution in [0.25, 0.3) is 0 Å². The Kier molecular flexibility index (Phi) is 4.74. The molecule has 0 spiro atoms. The molecule has 1 unspecified atom stereocenters. The van der Waals surface area contributed by atoms with Crippen LogP contribution in [0, 0.1) is 0 Å². The van der Waals surface area contributed by atoms with Crippen molar-refractivity contribution < 1.29 is 8.63 Å². The van der Waals surface area contributed by atoms with Gasteiger partial charge in [0.25, 0.3) is 0 Å². The van der Waals surface area contributed by atoms with E-state index in [1.54, 1.807) is 0 Å². The van der Waals surface area contributed by atoms with Crippen LogP contribution in [0.15, 0.2) is 16.5 Å². The van der Waals surface area contributed by atoms with Gasteiger partial charge in [-0.2, -0.15) is 0 Å². The molecule has 0 aliphatic heterocycles. The molecular formula is C12H21NO2S. The van der Waals surface area contributed by atoms with E-state index in [2.05, 4.69) is 26.1 Å². The molecule has 0 fully saturated rings. The van der Waals surface area contributed by atoms with Gasteiger partial charge in [0, 0.05) is 22.1 Å². The number of rotatable bonds is 5. The average Bonchev–Trinajstić information content (AvgIpc) is 2.61. The number of hydrogen-bond acceptors (Lipinski definition) is 3. The minimum atomic E-state index is -0.800. The SMILES string of the molecule is CCS(=O)Cc1ccc(CNC(C)(C)C)o1. The molecule has 1 rings (SSSR count). The maximum Gasteiger partial charge on any atom is 0.118 e. The van der Waals surface area contributed by atoms with Crippen LogP contribution in [0.4, 0.5) is 0 Å². The molecule has 0 bridgehead atoms. The molecule has 0 aliphatic rings. The molecule has 0 saturated carbocycles. The second-order valence-corrected chi connectivity index (χ2v) is 6.59. The lowest BCUT2D eigenvalue weighted by Crippen LogP contribution is -2.34. The Balaban J connectivity index is 2.48. The van der Waals surface area contributed by atoms with E-state index in [1.807, 2.05) is 19.1 Å². The van der Waals surface area contributed by atoms with Gasteiger partial charge in [0.05, 0.1) is 12.3 Å². The van der Waals surface area contributed by atoms with Gasteiger partial charge in [0.15, 0.2) is 0 Å². The highest BCUT2D eigenvalue weighted by Gasteiger charge is 2.10. The highest BCUT2D eigenvalue weighted by Crippen LogP contribution is 2.11. The largest absolute Gasteiger partial charge is 0.464 e. The van der Waals surface area contributed by atoms with Crippen LogP contribution in [0.5, 0.6) is 0 Å². The molecule has 1 N–H and O–H groups in total. The lowest BCUT2D eigenvalue weighted by Gasteiger charge is -2.19. The molecule has 3 nitrogen and oxygen atoms in total. The van der Waals surface area contributed by atoms with E-state index in [9.17, 15) is 4.21 Å². The van der Waals surface area contributed by atoms with E-state index < -0.39 is 10.8 Å². The van der Waals surface area contributed by atoms with Gasteiger partial charge in [-0.25, -0.2) is 0 Å². The third-order valence-electron chi connectivity index (χ3n) is 2.14. The topological polar surface area (TPSA) is 42.2 Å². The quantitative estimate of drug-likeness (QED) is 0.863. The summed E-state index contributed by atoms with van der Waals surface area (Å²) in [6.07, 6.45) is 0. The molecule has 1 aromatic heterocycles. The summed E-state index contributed by atoms with van der Waals surface area (Å²) in [5, 5.41) is 3.35. The predicted molar refractivity (Wildman–Crippen MR) is 67.7 cm³/mol. The first kappa shape index (κ1) is 13.5. The molecule has 0 saturated heterocycles. The Morgan fingerprint density at radius 2 is 1.94 bits per heavy atom. The van der Waals surface area contributed by atoms with Crippen LogP contribution >= 0.6 is 0 Å². The predicted octanol–water partition coefficient (Wildman–Crippen LogP) is 2.44. The van der Waals surface area contributed by atoms with E-state index >= 15 is 0 Å². The normalized spacial score (nSPS) is 14.0. The van der Waals surface area contributed by atoms with Crippen molar-refractivity contribution in [2.24, 2.45) is 0 Å². The van der Waals surface area contributed by atoms with Crippen molar-refractivity contribution in [1.82, 2.24) is 5.32 Å². The first-order valence-corrected chi connectivity index (χ1v) is 7.07. The summed E-state index contributed by atoms with van der Waals surface area (Å²) in [7, 11) is -0.800. The third kappa shape index (κ3) is 4.94. The lowest BCUT2D eigenvalue weighted by molar-refractivity contribution is 0.382. The van der Waals surface area contributed by atoms with Crippen LogP contribution in [0.1, 0.15) is 39.2 Å². The van der Waals surface area contributed by atoms with Crippen LogP contribution in [-0.2, 0) is 23.1 Å². The summed E-state index contributed by atoms with van der Waals surface area (Å²) >= 11 is 0. The van der Waals surface area contributed by atoms with Gasteiger partial charge in [-0.05, 0) is 32.9 Å². The van der Waals surface area contributed by atoms with E-state index in [0.29, 0.717) is 18.1 Å². The van der Waals surface area contributed by atoms with Gasteiger partial charge in [-0.15, -0.1) is 0 Å². The first-order valence-electron chi connectivity index (χ1n) is 5.58. The van der Waals surface area contributed by atoms with Crippen LogP contribution in [0.2, 0.25) is 0 Å².